The Kier molecular flexibility index (Phi) is 5.87. The number of esters is 1. The van der Waals surface area contributed by atoms with Gasteiger partial charge in [-0.2, -0.15) is 5.10 Å². The van der Waals surface area contributed by atoms with Crippen molar-refractivity contribution in [1.29, 1.82) is 0 Å². The van der Waals surface area contributed by atoms with Crippen LogP contribution in [0.2, 0.25) is 0 Å². The number of pyridine rings is 1. The van der Waals surface area contributed by atoms with E-state index in [-0.39, 0.29) is 5.97 Å². The SMILES string of the molecule is COC(=O)c1cccc(COc2ccc(-c3c(-c4ccncc4)nn4c3CNCC4)cc2)c1. The third-order valence-corrected chi connectivity index (χ3v) is 5.70. The maximum atomic E-state index is 11.7. The molecule has 0 aliphatic carbocycles. The van der Waals surface area contributed by atoms with Crippen LogP contribution >= 0.6 is 0 Å². The van der Waals surface area contributed by atoms with E-state index >= 15 is 0 Å². The van der Waals surface area contributed by atoms with Crippen molar-refractivity contribution in [2.45, 2.75) is 19.7 Å². The normalized spacial score (nSPS) is 12.8. The number of methoxy groups -OCH3 is 1. The summed E-state index contributed by atoms with van der Waals surface area (Å²) < 4.78 is 12.9. The van der Waals surface area contributed by atoms with Gasteiger partial charge in [0, 0.05) is 36.6 Å². The fourth-order valence-electron chi connectivity index (χ4n) is 4.06. The van der Waals surface area contributed by atoms with Crippen LogP contribution in [0.3, 0.4) is 0 Å². The standard InChI is InChI=1S/C26H24N4O3/c1-32-26(31)21-4-2-3-18(15-21)17-33-22-7-5-19(6-8-22)24-23-16-28-13-14-30(23)29-25(24)20-9-11-27-12-10-20/h2-12,15,28H,13-14,16-17H2,1H3. The smallest absolute Gasteiger partial charge is 0.337 e. The van der Waals surface area contributed by atoms with E-state index in [2.05, 4.69) is 27.1 Å². The van der Waals surface area contributed by atoms with Crippen molar-refractivity contribution in [2.75, 3.05) is 13.7 Å². The molecule has 0 saturated heterocycles. The summed E-state index contributed by atoms with van der Waals surface area (Å²) in [5, 5.41) is 8.36. The molecule has 0 radical (unpaired) electrons. The lowest BCUT2D eigenvalue weighted by Crippen LogP contribution is -2.28. The largest absolute Gasteiger partial charge is 0.489 e. The predicted octanol–water partition coefficient (Wildman–Crippen LogP) is 4.08. The second-order valence-electron chi connectivity index (χ2n) is 7.81. The lowest BCUT2D eigenvalue weighted by atomic mass is 9.99. The highest BCUT2D eigenvalue weighted by Crippen LogP contribution is 2.36. The molecular formula is C26H24N4O3. The van der Waals surface area contributed by atoms with E-state index in [4.69, 9.17) is 14.6 Å². The highest BCUT2D eigenvalue weighted by Gasteiger charge is 2.22. The summed E-state index contributed by atoms with van der Waals surface area (Å²) in [6.07, 6.45) is 3.59. The van der Waals surface area contributed by atoms with Gasteiger partial charge in [-0.05, 0) is 47.5 Å². The number of benzene rings is 2. The van der Waals surface area contributed by atoms with Crippen LogP contribution in [0, 0.1) is 0 Å². The van der Waals surface area contributed by atoms with Crippen LogP contribution in [0.4, 0.5) is 0 Å². The number of fused-ring (bicyclic) bond motifs is 1. The van der Waals surface area contributed by atoms with Crippen LogP contribution in [-0.4, -0.2) is 34.4 Å². The number of aromatic nitrogens is 3. The average Bonchev–Trinajstić information content (AvgIpc) is 3.28. The molecule has 0 fully saturated rings. The van der Waals surface area contributed by atoms with Crippen molar-refractivity contribution in [1.82, 2.24) is 20.1 Å². The first kappa shape index (κ1) is 20.9. The van der Waals surface area contributed by atoms with Gasteiger partial charge in [-0.1, -0.05) is 24.3 Å². The number of nitrogens with zero attached hydrogens (tertiary/aromatic N) is 3. The summed E-state index contributed by atoms with van der Waals surface area (Å²) in [4.78, 5) is 15.9. The van der Waals surface area contributed by atoms with Crippen LogP contribution in [0.1, 0.15) is 21.6 Å². The minimum Gasteiger partial charge on any atom is -0.489 e. The molecule has 3 heterocycles. The summed E-state index contributed by atoms with van der Waals surface area (Å²) in [7, 11) is 1.38. The van der Waals surface area contributed by atoms with Crippen LogP contribution < -0.4 is 10.1 Å². The molecule has 1 aliphatic rings. The number of rotatable bonds is 6. The summed E-state index contributed by atoms with van der Waals surface area (Å²) >= 11 is 0. The molecule has 33 heavy (non-hydrogen) atoms. The molecule has 7 heteroatoms. The molecule has 0 unspecified atom stereocenters. The Hall–Kier alpha value is -3.97. The molecule has 0 spiro atoms. The van der Waals surface area contributed by atoms with Gasteiger partial charge in [0.25, 0.3) is 0 Å². The first-order valence-corrected chi connectivity index (χ1v) is 10.8. The van der Waals surface area contributed by atoms with Crippen LogP contribution in [0.15, 0.2) is 73.1 Å². The second kappa shape index (κ2) is 9.26. The van der Waals surface area contributed by atoms with E-state index in [0.29, 0.717) is 12.2 Å². The van der Waals surface area contributed by atoms with E-state index in [1.807, 2.05) is 36.4 Å². The number of nitrogens with one attached hydrogen (secondary N) is 1. The molecule has 1 N–H and O–H groups in total. The van der Waals surface area contributed by atoms with E-state index in [1.165, 1.54) is 12.8 Å². The van der Waals surface area contributed by atoms with Crippen LogP contribution in [0.25, 0.3) is 22.4 Å². The summed E-state index contributed by atoms with van der Waals surface area (Å²) in [6, 6.07) is 19.3. The zero-order valence-corrected chi connectivity index (χ0v) is 18.3. The van der Waals surface area contributed by atoms with E-state index in [1.54, 1.807) is 24.5 Å². The van der Waals surface area contributed by atoms with Gasteiger partial charge in [-0.15, -0.1) is 0 Å². The molecule has 1 aliphatic heterocycles. The fourth-order valence-corrected chi connectivity index (χ4v) is 4.06. The summed E-state index contributed by atoms with van der Waals surface area (Å²) in [5.41, 5.74) is 6.83. The molecule has 7 nitrogen and oxygen atoms in total. The van der Waals surface area contributed by atoms with Crippen molar-refractivity contribution in [3.63, 3.8) is 0 Å². The molecule has 0 bridgehead atoms. The highest BCUT2D eigenvalue weighted by atomic mass is 16.5. The van der Waals surface area contributed by atoms with Crippen molar-refractivity contribution < 1.29 is 14.3 Å². The molecular weight excluding hydrogens is 416 g/mol. The molecule has 0 atom stereocenters. The lowest BCUT2D eigenvalue weighted by Gasteiger charge is -2.16. The third-order valence-electron chi connectivity index (χ3n) is 5.70. The first-order chi connectivity index (χ1) is 16.2. The van der Waals surface area contributed by atoms with Crippen molar-refractivity contribution >= 4 is 5.97 Å². The number of hydrogen-bond donors (Lipinski definition) is 1. The molecule has 0 saturated carbocycles. The number of carbonyl (C=O) groups is 1. The molecule has 166 valence electrons. The monoisotopic (exact) mass is 440 g/mol. The minimum atomic E-state index is -0.356. The van der Waals surface area contributed by atoms with Gasteiger partial charge in [-0.3, -0.25) is 9.67 Å². The topological polar surface area (TPSA) is 78.3 Å². The highest BCUT2D eigenvalue weighted by molar-refractivity contribution is 5.89. The van der Waals surface area contributed by atoms with Gasteiger partial charge in [-0.25, -0.2) is 4.79 Å². The van der Waals surface area contributed by atoms with Crippen molar-refractivity contribution in [3.8, 4) is 28.1 Å². The van der Waals surface area contributed by atoms with Crippen molar-refractivity contribution in [3.05, 3.63) is 89.9 Å². The Balaban J connectivity index is 1.39. The summed E-state index contributed by atoms with van der Waals surface area (Å²) in [5.74, 6) is 0.400. The van der Waals surface area contributed by atoms with Gasteiger partial charge in [0.05, 0.1) is 24.9 Å². The van der Waals surface area contributed by atoms with E-state index < -0.39 is 0 Å². The first-order valence-electron chi connectivity index (χ1n) is 10.8. The number of hydrogen-bond acceptors (Lipinski definition) is 6. The Bertz CT molecular complexity index is 1270. The van der Waals surface area contributed by atoms with Gasteiger partial charge >= 0.3 is 5.97 Å². The zero-order valence-electron chi connectivity index (χ0n) is 18.3. The number of carbonyl (C=O) groups excluding carboxylic acids is 1. The Morgan fingerprint density at radius 2 is 1.88 bits per heavy atom. The third kappa shape index (κ3) is 4.36. The van der Waals surface area contributed by atoms with Gasteiger partial charge in [0.15, 0.2) is 0 Å². The van der Waals surface area contributed by atoms with Gasteiger partial charge in [0.1, 0.15) is 18.1 Å². The second-order valence-corrected chi connectivity index (χ2v) is 7.81. The summed E-state index contributed by atoms with van der Waals surface area (Å²) in [6.45, 7) is 2.90. The molecule has 2 aromatic heterocycles. The Labute approximate surface area is 192 Å². The molecule has 5 rings (SSSR count). The van der Waals surface area contributed by atoms with Crippen molar-refractivity contribution in [2.24, 2.45) is 0 Å². The minimum absolute atomic E-state index is 0.356. The molecule has 2 aromatic carbocycles. The van der Waals surface area contributed by atoms with Crippen LogP contribution in [0.5, 0.6) is 5.75 Å². The molecule has 0 amide bonds. The predicted molar refractivity (Wildman–Crippen MR) is 125 cm³/mol. The Morgan fingerprint density at radius 1 is 1.06 bits per heavy atom. The number of ether oxygens (including phenoxy) is 2. The van der Waals surface area contributed by atoms with Gasteiger partial charge in [0.2, 0.25) is 0 Å². The van der Waals surface area contributed by atoms with E-state index in [9.17, 15) is 4.79 Å². The maximum Gasteiger partial charge on any atom is 0.337 e. The lowest BCUT2D eigenvalue weighted by molar-refractivity contribution is 0.0600. The zero-order chi connectivity index (χ0) is 22.6. The van der Waals surface area contributed by atoms with Gasteiger partial charge < -0.3 is 14.8 Å². The van der Waals surface area contributed by atoms with E-state index in [0.717, 1.165) is 53.3 Å². The maximum absolute atomic E-state index is 11.7. The average molecular weight is 441 g/mol. The quantitative estimate of drug-likeness (QED) is 0.455. The van der Waals surface area contributed by atoms with Crippen LogP contribution in [-0.2, 0) is 24.4 Å². The Morgan fingerprint density at radius 3 is 2.67 bits per heavy atom. The molecule has 4 aromatic rings. The fraction of sp³-hybridized carbons (Fsp3) is 0.192.